The van der Waals surface area contributed by atoms with Crippen LogP contribution in [-0.4, -0.2) is 44.2 Å². The molecule has 5 N–H and O–H groups in total. The van der Waals surface area contributed by atoms with Crippen molar-refractivity contribution in [2.24, 2.45) is 0 Å². The Labute approximate surface area is 283 Å². The number of aromatic nitrogens is 5. The standard InChI is InChI=1S/C19H16N4O2.C19H18N4O/c1-25-15-7-5-12(6-8-15)17-10-16-18(20-11-21-19(16)23-17)22-13-3-2-4-14(24)9-13;1-24-15-9-7-13(8-10-15)17-11-16-18(20-12-21-19(16)23-17)22-14-5-3-2-4-6-14/h2-11,24H,1H3,(H2,20,21,22,23);2-10,12,17H,11H2,1H3,(H2,20,21,22,23). The van der Waals surface area contributed by atoms with Crippen molar-refractivity contribution < 1.29 is 14.6 Å². The second kappa shape index (κ2) is 14.0. The third-order valence-electron chi connectivity index (χ3n) is 8.15. The highest BCUT2D eigenvalue weighted by molar-refractivity contribution is 5.93. The number of aromatic amines is 1. The lowest BCUT2D eigenvalue weighted by atomic mass is 10.0. The van der Waals surface area contributed by atoms with Gasteiger partial charge >= 0.3 is 0 Å². The molecule has 0 fully saturated rings. The van der Waals surface area contributed by atoms with Gasteiger partial charge in [0.1, 0.15) is 53.0 Å². The first-order chi connectivity index (χ1) is 24.1. The highest BCUT2D eigenvalue weighted by Gasteiger charge is 2.26. The van der Waals surface area contributed by atoms with Crippen molar-refractivity contribution in [1.29, 1.82) is 0 Å². The Bertz CT molecular complexity index is 2170. The van der Waals surface area contributed by atoms with Crippen LogP contribution in [0.3, 0.4) is 0 Å². The van der Waals surface area contributed by atoms with Gasteiger partial charge in [0, 0.05) is 35.1 Å². The number of anilines is 5. The molecule has 49 heavy (non-hydrogen) atoms. The number of H-pyrrole nitrogens is 1. The number of phenolic OH excluding ortho intramolecular Hbond substituents is 1. The van der Waals surface area contributed by atoms with Crippen molar-refractivity contribution in [3.8, 4) is 28.5 Å². The van der Waals surface area contributed by atoms with Crippen LogP contribution in [0.15, 0.2) is 122 Å². The molecule has 4 aromatic carbocycles. The van der Waals surface area contributed by atoms with Crippen molar-refractivity contribution in [3.05, 3.63) is 133 Å². The van der Waals surface area contributed by atoms with Gasteiger partial charge in [-0.15, -0.1) is 0 Å². The van der Waals surface area contributed by atoms with E-state index in [2.05, 4.69) is 53.0 Å². The molecule has 0 spiro atoms. The quantitative estimate of drug-likeness (QED) is 0.110. The summed E-state index contributed by atoms with van der Waals surface area (Å²) in [6, 6.07) is 35.1. The average Bonchev–Trinajstić information content (AvgIpc) is 3.79. The van der Waals surface area contributed by atoms with E-state index in [9.17, 15) is 5.11 Å². The molecule has 11 nitrogen and oxygen atoms in total. The second-order valence-electron chi connectivity index (χ2n) is 11.3. The van der Waals surface area contributed by atoms with Crippen molar-refractivity contribution in [3.63, 3.8) is 0 Å². The fourth-order valence-electron chi connectivity index (χ4n) is 5.64. The summed E-state index contributed by atoms with van der Waals surface area (Å²) >= 11 is 0. The summed E-state index contributed by atoms with van der Waals surface area (Å²) in [7, 11) is 3.32. The zero-order chi connectivity index (χ0) is 33.6. The summed E-state index contributed by atoms with van der Waals surface area (Å²) in [6.07, 6.45) is 3.94. The number of hydrogen-bond donors (Lipinski definition) is 5. The van der Waals surface area contributed by atoms with Crippen LogP contribution in [0, 0.1) is 0 Å². The maximum absolute atomic E-state index is 9.61. The van der Waals surface area contributed by atoms with E-state index in [4.69, 9.17) is 9.47 Å². The van der Waals surface area contributed by atoms with Gasteiger partial charge in [0.25, 0.3) is 0 Å². The molecule has 7 aromatic rings. The van der Waals surface area contributed by atoms with E-state index < -0.39 is 0 Å². The minimum Gasteiger partial charge on any atom is -0.508 e. The molecule has 244 valence electrons. The second-order valence-corrected chi connectivity index (χ2v) is 11.3. The lowest BCUT2D eigenvalue weighted by Gasteiger charge is -2.11. The fourth-order valence-corrected chi connectivity index (χ4v) is 5.64. The highest BCUT2D eigenvalue weighted by Crippen LogP contribution is 2.37. The molecule has 4 heterocycles. The molecular weight excluding hydrogens is 616 g/mol. The Morgan fingerprint density at radius 3 is 2.10 bits per heavy atom. The molecular formula is C38H34N8O3. The minimum atomic E-state index is 0.193. The average molecular weight is 651 g/mol. The van der Waals surface area contributed by atoms with Gasteiger partial charge in [-0.05, 0) is 77.9 Å². The van der Waals surface area contributed by atoms with Gasteiger partial charge in [0.15, 0.2) is 0 Å². The Kier molecular flexibility index (Phi) is 8.87. The Morgan fingerprint density at radius 2 is 1.37 bits per heavy atom. The van der Waals surface area contributed by atoms with Crippen molar-refractivity contribution >= 4 is 39.9 Å². The number of phenols is 1. The maximum Gasteiger partial charge on any atom is 0.143 e. The number of nitrogens with zero attached hydrogens (tertiary/aromatic N) is 4. The van der Waals surface area contributed by atoms with Crippen LogP contribution in [0.25, 0.3) is 22.3 Å². The zero-order valence-corrected chi connectivity index (χ0v) is 26.9. The smallest absolute Gasteiger partial charge is 0.143 e. The molecule has 0 saturated heterocycles. The topological polar surface area (TPSA) is 142 Å². The van der Waals surface area contributed by atoms with Gasteiger partial charge in [-0.3, -0.25) is 0 Å². The molecule has 1 aliphatic heterocycles. The molecule has 11 heteroatoms. The summed E-state index contributed by atoms with van der Waals surface area (Å²) in [5.74, 6) is 4.29. The Balaban J connectivity index is 0.000000154. The van der Waals surface area contributed by atoms with Gasteiger partial charge in [0.2, 0.25) is 0 Å². The molecule has 3 aromatic heterocycles. The van der Waals surface area contributed by atoms with Crippen molar-refractivity contribution in [1.82, 2.24) is 24.9 Å². The van der Waals surface area contributed by atoms with Gasteiger partial charge in [-0.25, -0.2) is 19.9 Å². The molecule has 0 amide bonds. The van der Waals surface area contributed by atoms with Gasteiger partial charge in [-0.1, -0.05) is 36.4 Å². The van der Waals surface area contributed by atoms with E-state index in [1.54, 1.807) is 38.7 Å². The number of methoxy groups -OCH3 is 2. The third-order valence-corrected chi connectivity index (χ3v) is 8.15. The SMILES string of the molecule is COc1ccc(-c2cc3c(Nc4cccc(O)c4)ncnc3[nH]2)cc1.COc1ccc(C2Cc3c(Nc4ccccc4)ncnc3N2)cc1. The molecule has 0 bridgehead atoms. The monoisotopic (exact) mass is 650 g/mol. The third kappa shape index (κ3) is 7.05. The predicted octanol–water partition coefficient (Wildman–Crippen LogP) is 8.02. The normalized spacial score (nSPS) is 13.1. The van der Waals surface area contributed by atoms with Gasteiger partial charge in [0.05, 0.1) is 25.6 Å². The number of hydrogen-bond acceptors (Lipinski definition) is 10. The lowest BCUT2D eigenvalue weighted by molar-refractivity contribution is 0.414. The fraction of sp³-hybridized carbons (Fsp3) is 0.105. The molecule has 0 saturated carbocycles. The van der Waals surface area contributed by atoms with Crippen LogP contribution in [0.5, 0.6) is 17.2 Å². The molecule has 8 rings (SSSR count). The highest BCUT2D eigenvalue weighted by atomic mass is 16.5. The van der Waals surface area contributed by atoms with Gasteiger partial charge in [-0.2, -0.15) is 0 Å². The van der Waals surface area contributed by atoms with Crippen molar-refractivity contribution in [2.45, 2.75) is 12.5 Å². The van der Waals surface area contributed by atoms with Gasteiger partial charge < -0.3 is 35.5 Å². The van der Waals surface area contributed by atoms with Crippen LogP contribution in [0.4, 0.5) is 28.8 Å². The number of ether oxygens (including phenoxy) is 2. The van der Waals surface area contributed by atoms with Crippen LogP contribution < -0.4 is 25.4 Å². The predicted molar refractivity (Wildman–Crippen MR) is 192 cm³/mol. The maximum atomic E-state index is 9.61. The molecule has 1 aliphatic rings. The van der Waals surface area contributed by atoms with E-state index >= 15 is 0 Å². The molecule has 0 aliphatic carbocycles. The molecule has 1 unspecified atom stereocenters. The zero-order valence-electron chi connectivity index (χ0n) is 26.9. The first kappa shape index (κ1) is 31.0. The van der Waals surface area contributed by atoms with E-state index in [-0.39, 0.29) is 11.8 Å². The number of aromatic hydroxyl groups is 1. The summed E-state index contributed by atoms with van der Waals surface area (Å²) in [5.41, 5.74) is 6.81. The summed E-state index contributed by atoms with van der Waals surface area (Å²) in [6.45, 7) is 0. The first-order valence-electron chi connectivity index (χ1n) is 15.7. The van der Waals surface area contributed by atoms with Crippen molar-refractivity contribution in [2.75, 3.05) is 30.2 Å². The van der Waals surface area contributed by atoms with Crippen LogP contribution >= 0.6 is 0 Å². The van der Waals surface area contributed by atoms with Crippen LogP contribution in [0.2, 0.25) is 0 Å². The minimum absolute atomic E-state index is 0.193. The number of para-hydroxylation sites is 1. The number of nitrogens with one attached hydrogen (secondary N) is 4. The first-order valence-corrected chi connectivity index (χ1v) is 15.7. The van der Waals surface area contributed by atoms with E-state index in [0.29, 0.717) is 5.82 Å². The molecule has 0 radical (unpaired) electrons. The van der Waals surface area contributed by atoms with Crippen LogP contribution in [-0.2, 0) is 6.42 Å². The van der Waals surface area contributed by atoms with E-state index in [0.717, 1.165) is 68.8 Å². The Morgan fingerprint density at radius 1 is 0.694 bits per heavy atom. The van der Waals surface area contributed by atoms with E-state index in [1.807, 2.05) is 78.9 Å². The number of benzene rings is 4. The summed E-state index contributed by atoms with van der Waals surface area (Å²) in [5, 5.41) is 20.6. The lowest BCUT2D eigenvalue weighted by Crippen LogP contribution is -2.05. The largest absolute Gasteiger partial charge is 0.508 e. The Hall–Kier alpha value is -6.62. The summed E-state index contributed by atoms with van der Waals surface area (Å²) in [4.78, 5) is 20.7. The van der Waals surface area contributed by atoms with Crippen LogP contribution in [0.1, 0.15) is 17.2 Å². The number of fused-ring (bicyclic) bond motifs is 2. The number of rotatable bonds is 8. The van der Waals surface area contributed by atoms with E-state index in [1.165, 1.54) is 11.9 Å². The summed E-state index contributed by atoms with van der Waals surface area (Å²) < 4.78 is 10.4. The molecule has 1 atom stereocenters.